The predicted molar refractivity (Wildman–Crippen MR) is 59.3 cm³/mol. The molecule has 1 aliphatic carbocycles. The highest BCUT2D eigenvalue weighted by molar-refractivity contribution is 5.54. The Morgan fingerprint density at radius 3 is 3.00 bits per heavy atom. The van der Waals surface area contributed by atoms with Gasteiger partial charge in [0.05, 0.1) is 12.2 Å². The van der Waals surface area contributed by atoms with Crippen molar-refractivity contribution in [2.45, 2.75) is 32.3 Å². The Morgan fingerprint density at radius 2 is 2.29 bits per heavy atom. The van der Waals surface area contributed by atoms with Crippen molar-refractivity contribution in [1.29, 1.82) is 0 Å². The van der Waals surface area contributed by atoms with E-state index in [1.165, 1.54) is 12.8 Å². The molecular weight excluding hydrogens is 220 g/mol. The van der Waals surface area contributed by atoms with E-state index < -0.39 is 0 Å². The maximum absolute atomic E-state index is 5.16. The third-order valence-corrected chi connectivity index (χ3v) is 2.95. The predicted octanol–water partition coefficient (Wildman–Crippen LogP) is 1.79. The number of rotatable bonds is 4. The number of methoxy groups -OCH3 is 1. The van der Waals surface area contributed by atoms with Gasteiger partial charge in [0.25, 0.3) is 0 Å². The Hall–Kier alpha value is -1.69. The van der Waals surface area contributed by atoms with E-state index in [2.05, 4.69) is 20.3 Å². The van der Waals surface area contributed by atoms with E-state index in [9.17, 15) is 0 Å². The van der Waals surface area contributed by atoms with Crippen LogP contribution in [0.1, 0.15) is 35.9 Å². The van der Waals surface area contributed by atoms with Crippen molar-refractivity contribution in [1.82, 2.24) is 20.3 Å². The van der Waals surface area contributed by atoms with Crippen LogP contribution in [0.3, 0.4) is 0 Å². The molecule has 0 aliphatic heterocycles. The zero-order chi connectivity index (χ0) is 11.8. The third-order valence-electron chi connectivity index (χ3n) is 2.95. The second-order valence-corrected chi connectivity index (χ2v) is 4.32. The Labute approximate surface area is 98.4 Å². The number of nitrogens with zero attached hydrogens (tertiary/aromatic N) is 3. The van der Waals surface area contributed by atoms with E-state index in [4.69, 9.17) is 9.26 Å². The molecular formula is C11H14N4O2. The fourth-order valence-electron chi connectivity index (χ4n) is 1.80. The van der Waals surface area contributed by atoms with Crippen molar-refractivity contribution in [3.63, 3.8) is 0 Å². The van der Waals surface area contributed by atoms with Gasteiger partial charge >= 0.3 is 0 Å². The molecule has 6 nitrogen and oxygen atoms in total. The lowest BCUT2D eigenvalue weighted by Crippen LogP contribution is -1.93. The molecule has 1 fully saturated rings. The van der Waals surface area contributed by atoms with Gasteiger partial charge in [-0.05, 0) is 19.8 Å². The Kier molecular flexibility index (Phi) is 2.44. The monoisotopic (exact) mass is 234 g/mol. The first kappa shape index (κ1) is 10.5. The molecule has 2 aromatic rings. The van der Waals surface area contributed by atoms with Gasteiger partial charge in [-0.15, -0.1) is 0 Å². The molecule has 2 aromatic heterocycles. The lowest BCUT2D eigenvalue weighted by Gasteiger charge is -1.96. The van der Waals surface area contributed by atoms with Gasteiger partial charge in [-0.2, -0.15) is 5.10 Å². The highest BCUT2D eigenvalue weighted by Gasteiger charge is 2.28. The second-order valence-electron chi connectivity index (χ2n) is 4.32. The largest absolute Gasteiger partial charge is 0.380 e. The molecule has 1 aliphatic rings. The van der Waals surface area contributed by atoms with Crippen molar-refractivity contribution in [3.05, 3.63) is 17.1 Å². The standard InChI is InChI=1S/C11H14N4O2/c1-6-8(5-16-2)9(15-17-6)11-12-10(13-14-11)7-3-4-7/h7H,3-5H2,1-2H3,(H,12,13,14). The Morgan fingerprint density at radius 1 is 1.47 bits per heavy atom. The van der Waals surface area contributed by atoms with Gasteiger partial charge < -0.3 is 9.26 Å². The van der Waals surface area contributed by atoms with Crippen molar-refractivity contribution in [3.8, 4) is 11.5 Å². The maximum atomic E-state index is 5.16. The first-order valence-corrected chi connectivity index (χ1v) is 5.66. The summed E-state index contributed by atoms with van der Waals surface area (Å²) in [7, 11) is 1.64. The average Bonchev–Trinajstić information content (AvgIpc) is 2.96. The summed E-state index contributed by atoms with van der Waals surface area (Å²) in [5, 5.41) is 11.1. The molecule has 17 heavy (non-hydrogen) atoms. The number of aryl methyl sites for hydroxylation is 1. The van der Waals surface area contributed by atoms with Crippen LogP contribution in [0, 0.1) is 6.92 Å². The molecule has 90 valence electrons. The zero-order valence-electron chi connectivity index (χ0n) is 9.86. The smallest absolute Gasteiger partial charge is 0.203 e. The van der Waals surface area contributed by atoms with E-state index in [-0.39, 0.29) is 0 Å². The summed E-state index contributed by atoms with van der Waals surface area (Å²) in [5.74, 6) is 2.84. The summed E-state index contributed by atoms with van der Waals surface area (Å²) >= 11 is 0. The van der Waals surface area contributed by atoms with Crippen LogP contribution >= 0.6 is 0 Å². The first-order chi connectivity index (χ1) is 8.29. The number of aromatic amines is 1. The lowest BCUT2D eigenvalue weighted by atomic mass is 10.2. The van der Waals surface area contributed by atoms with Gasteiger partial charge in [0, 0.05) is 13.0 Å². The van der Waals surface area contributed by atoms with Crippen molar-refractivity contribution in [2.75, 3.05) is 7.11 Å². The minimum absolute atomic E-state index is 0.456. The molecule has 6 heteroatoms. The van der Waals surface area contributed by atoms with Crippen LogP contribution in [0.5, 0.6) is 0 Å². The number of hydrogen-bond acceptors (Lipinski definition) is 5. The highest BCUT2D eigenvalue weighted by atomic mass is 16.5. The van der Waals surface area contributed by atoms with Crippen LogP contribution in [0.25, 0.3) is 11.5 Å². The molecule has 2 heterocycles. The van der Waals surface area contributed by atoms with Crippen LogP contribution in [-0.2, 0) is 11.3 Å². The van der Waals surface area contributed by atoms with Crippen LogP contribution in [0.2, 0.25) is 0 Å². The summed E-state index contributed by atoms with van der Waals surface area (Å²) < 4.78 is 10.3. The van der Waals surface area contributed by atoms with E-state index in [0.717, 1.165) is 17.1 Å². The van der Waals surface area contributed by atoms with Crippen molar-refractivity contribution < 1.29 is 9.26 Å². The fraction of sp³-hybridized carbons (Fsp3) is 0.545. The lowest BCUT2D eigenvalue weighted by molar-refractivity contribution is 0.183. The van der Waals surface area contributed by atoms with Gasteiger partial charge in [0.2, 0.25) is 5.82 Å². The summed E-state index contributed by atoms with van der Waals surface area (Å²) in [6, 6.07) is 0. The molecule has 0 saturated heterocycles. The molecule has 0 spiro atoms. The van der Waals surface area contributed by atoms with Crippen molar-refractivity contribution >= 4 is 0 Å². The molecule has 1 N–H and O–H groups in total. The van der Waals surface area contributed by atoms with Crippen LogP contribution in [-0.4, -0.2) is 27.4 Å². The number of nitrogens with one attached hydrogen (secondary N) is 1. The Balaban J connectivity index is 1.95. The topological polar surface area (TPSA) is 76.8 Å². The van der Waals surface area contributed by atoms with Crippen LogP contribution in [0.15, 0.2) is 4.52 Å². The average molecular weight is 234 g/mol. The number of aromatic nitrogens is 4. The van der Waals surface area contributed by atoms with E-state index in [0.29, 0.717) is 24.0 Å². The van der Waals surface area contributed by atoms with Crippen LogP contribution in [0.4, 0.5) is 0 Å². The maximum Gasteiger partial charge on any atom is 0.203 e. The molecule has 1 saturated carbocycles. The number of hydrogen-bond donors (Lipinski definition) is 1. The summed E-state index contributed by atoms with van der Waals surface area (Å²) in [5.41, 5.74) is 1.58. The van der Waals surface area contributed by atoms with Gasteiger partial charge in [0.15, 0.2) is 5.69 Å². The molecule has 0 unspecified atom stereocenters. The van der Waals surface area contributed by atoms with E-state index in [1.54, 1.807) is 7.11 Å². The Bertz CT molecular complexity index is 527. The molecule has 0 amide bonds. The van der Waals surface area contributed by atoms with E-state index in [1.807, 2.05) is 6.92 Å². The molecule has 0 radical (unpaired) electrons. The molecule has 3 rings (SSSR count). The molecule has 0 bridgehead atoms. The second kappa shape index (κ2) is 3.96. The quantitative estimate of drug-likeness (QED) is 0.872. The van der Waals surface area contributed by atoms with Crippen molar-refractivity contribution in [2.24, 2.45) is 0 Å². The summed E-state index contributed by atoms with van der Waals surface area (Å²) in [6.07, 6.45) is 2.38. The van der Waals surface area contributed by atoms with Gasteiger partial charge in [-0.25, -0.2) is 4.98 Å². The first-order valence-electron chi connectivity index (χ1n) is 5.66. The summed E-state index contributed by atoms with van der Waals surface area (Å²) in [4.78, 5) is 4.45. The fourth-order valence-corrected chi connectivity index (χ4v) is 1.80. The highest BCUT2D eigenvalue weighted by Crippen LogP contribution is 2.38. The minimum atomic E-state index is 0.456. The minimum Gasteiger partial charge on any atom is -0.380 e. The zero-order valence-corrected chi connectivity index (χ0v) is 9.86. The van der Waals surface area contributed by atoms with Gasteiger partial charge in [-0.3, -0.25) is 5.10 Å². The number of H-pyrrole nitrogens is 1. The molecule has 0 atom stereocenters. The van der Waals surface area contributed by atoms with E-state index >= 15 is 0 Å². The van der Waals surface area contributed by atoms with Gasteiger partial charge in [0.1, 0.15) is 11.6 Å². The molecule has 0 aromatic carbocycles. The van der Waals surface area contributed by atoms with Gasteiger partial charge in [-0.1, -0.05) is 5.16 Å². The summed E-state index contributed by atoms with van der Waals surface area (Å²) in [6.45, 7) is 2.32. The SMILES string of the molecule is COCc1c(-c2n[nH]c(C3CC3)n2)noc1C. The normalized spacial score (nSPS) is 15.4. The third kappa shape index (κ3) is 1.84. The van der Waals surface area contributed by atoms with Crippen LogP contribution < -0.4 is 0 Å². The number of ether oxygens (including phenoxy) is 1.